The van der Waals surface area contributed by atoms with Crippen molar-refractivity contribution in [3.8, 4) is 11.8 Å². The fourth-order valence-electron chi connectivity index (χ4n) is 3.86. The third-order valence-corrected chi connectivity index (χ3v) is 7.90. The molecule has 6 atom stereocenters. The maximum Gasteiger partial charge on any atom is 0.459 e. The van der Waals surface area contributed by atoms with Gasteiger partial charge in [-0.15, -0.1) is 0 Å². The first-order valence-electron chi connectivity index (χ1n) is 11.9. The van der Waals surface area contributed by atoms with Crippen LogP contribution in [-0.4, -0.2) is 66.9 Å². The summed E-state index contributed by atoms with van der Waals surface area (Å²) >= 11 is 6.09. The number of hydrogen-bond donors (Lipinski definition) is 3. The van der Waals surface area contributed by atoms with Crippen LogP contribution in [0.5, 0.6) is 5.75 Å². The highest BCUT2D eigenvalue weighted by Crippen LogP contribution is 2.52. The van der Waals surface area contributed by atoms with Gasteiger partial charge in [-0.2, -0.15) is 20.1 Å². The number of anilines is 1. The summed E-state index contributed by atoms with van der Waals surface area (Å²) in [6.45, 7) is 3.85. The lowest BCUT2D eigenvalue weighted by atomic mass is 10.0. The number of fused-ring (bicyclic) bond motifs is 1. The van der Waals surface area contributed by atoms with Crippen molar-refractivity contribution in [1.29, 1.82) is 5.26 Å². The van der Waals surface area contributed by atoms with Crippen LogP contribution in [0.25, 0.3) is 11.0 Å². The van der Waals surface area contributed by atoms with Gasteiger partial charge in [-0.1, -0.05) is 29.8 Å². The molecular formula is C23H26ClFN7O7P. The quantitative estimate of drug-likeness (QED) is 0.175. The average molecular weight is 598 g/mol. The smallest absolute Gasteiger partial charge is 0.459 e. The molecule has 0 aliphatic carbocycles. The van der Waals surface area contributed by atoms with Crippen LogP contribution in [0.3, 0.4) is 0 Å². The van der Waals surface area contributed by atoms with Gasteiger partial charge in [-0.05, 0) is 32.9 Å². The minimum atomic E-state index is -4.42. The fraction of sp³-hybridized carbons (Fsp3) is 0.435. The van der Waals surface area contributed by atoms with Crippen molar-refractivity contribution in [3.05, 3.63) is 42.9 Å². The number of para-hydroxylation sites is 1. The Balaban J connectivity index is 1.61. The number of nitriles is 1. The number of benzene rings is 1. The molecular weight excluding hydrogens is 572 g/mol. The van der Waals surface area contributed by atoms with Gasteiger partial charge in [0.1, 0.15) is 42.2 Å². The number of halogens is 2. The molecule has 0 spiro atoms. The molecule has 1 aromatic carbocycles. The normalized spacial score (nSPS) is 26.8. The molecule has 40 heavy (non-hydrogen) atoms. The summed E-state index contributed by atoms with van der Waals surface area (Å²) < 4.78 is 52.2. The predicted molar refractivity (Wildman–Crippen MR) is 138 cm³/mol. The number of aliphatic hydroxyl groups excluding tert-OH is 1. The summed E-state index contributed by atoms with van der Waals surface area (Å²) in [5.41, 5.74) is 2.96. The van der Waals surface area contributed by atoms with Gasteiger partial charge >= 0.3 is 19.4 Å². The SMILES string of the molecule is CC(C)OC(=O)C(C)NP(=O)(OC[C@H]1O[C@@](C#N)(n2ncc3c(N)ncnc32)[C@@](F)(Cl)[C@@H]1O)Oc1ccccc1. The number of alkyl halides is 2. The van der Waals surface area contributed by atoms with Crippen LogP contribution in [0.1, 0.15) is 20.8 Å². The highest BCUT2D eigenvalue weighted by atomic mass is 35.5. The number of rotatable bonds is 10. The Labute approximate surface area is 232 Å². The topological polar surface area (TPSA) is 197 Å². The number of carbonyl (C=O) groups excluding carboxylic acids is 1. The minimum absolute atomic E-state index is 0.00279. The lowest BCUT2D eigenvalue weighted by Gasteiger charge is -2.29. The van der Waals surface area contributed by atoms with Gasteiger partial charge in [0.15, 0.2) is 5.65 Å². The number of aliphatic hydroxyl groups is 1. The molecule has 1 aliphatic rings. The van der Waals surface area contributed by atoms with Gasteiger partial charge in [0.2, 0.25) is 0 Å². The standard InChI is InChI=1S/C23H26ClFN7O7P/c1-13(2)37-21(34)14(3)31-40(35,39-15-7-5-4-6-8-15)36-10-17-18(33)23(24,25)22(11-26,38-17)32-20-16(9-30-32)19(27)28-12-29-20/h4-9,12-14,17-18,33H,10H2,1-3H3,(H,31,35)(H2,27,28,29)/t14?,17-,18-,22-,23-,40?/m1/s1. The molecule has 3 heterocycles. The number of nitrogens with zero attached hydrogens (tertiary/aromatic N) is 5. The molecule has 0 amide bonds. The zero-order valence-corrected chi connectivity index (χ0v) is 23.1. The van der Waals surface area contributed by atoms with E-state index in [2.05, 4.69) is 20.2 Å². The average Bonchev–Trinajstić information content (AvgIpc) is 3.41. The van der Waals surface area contributed by atoms with E-state index in [-0.39, 0.29) is 22.6 Å². The Morgan fingerprint density at radius 1 is 1.38 bits per heavy atom. The zero-order valence-electron chi connectivity index (χ0n) is 21.5. The highest BCUT2D eigenvalue weighted by Gasteiger charge is 2.70. The number of esters is 1. The molecule has 0 bridgehead atoms. The molecule has 4 N–H and O–H groups in total. The Morgan fingerprint density at radius 2 is 2.08 bits per heavy atom. The summed E-state index contributed by atoms with van der Waals surface area (Å²) in [4.78, 5) is 20.1. The molecule has 14 nitrogen and oxygen atoms in total. The van der Waals surface area contributed by atoms with E-state index in [4.69, 9.17) is 35.9 Å². The number of aromatic nitrogens is 4. The van der Waals surface area contributed by atoms with Crippen LogP contribution in [0.15, 0.2) is 42.9 Å². The second kappa shape index (κ2) is 11.2. The highest BCUT2D eigenvalue weighted by molar-refractivity contribution is 7.52. The molecule has 1 saturated heterocycles. The fourth-order valence-corrected chi connectivity index (χ4v) is 5.67. The van der Waals surface area contributed by atoms with Gasteiger partial charge in [0.05, 0.1) is 24.3 Å². The number of nitrogens with two attached hydrogens (primary N) is 1. The van der Waals surface area contributed by atoms with Crippen LogP contribution in [0.4, 0.5) is 10.2 Å². The van der Waals surface area contributed by atoms with Crippen LogP contribution in [0, 0.1) is 11.3 Å². The van der Waals surface area contributed by atoms with E-state index in [1.54, 1.807) is 38.1 Å². The van der Waals surface area contributed by atoms with Crippen molar-refractivity contribution in [2.24, 2.45) is 0 Å². The molecule has 3 aromatic rings. The zero-order chi connectivity index (χ0) is 29.3. The summed E-state index contributed by atoms with van der Waals surface area (Å²) in [7, 11) is -4.42. The molecule has 214 valence electrons. The maximum absolute atomic E-state index is 16.0. The van der Waals surface area contributed by atoms with Crippen molar-refractivity contribution in [2.75, 3.05) is 12.3 Å². The Morgan fingerprint density at radius 3 is 2.73 bits per heavy atom. The molecule has 0 saturated carbocycles. The number of ether oxygens (including phenoxy) is 2. The number of nitrogen functional groups attached to an aromatic ring is 1. The van der Waals surface area contributed by atoms with E-state index < -0.39 is 55.5 Å². The minimum Gasteiger partial charge on any atom is -0.462 e. The number of carbonyl (C=O) groups is 1. The molecule has 17 heteroatoms. The third kappa shape index (κ3) is 5.46. The van der Waals surface area contributed by atoms with Crippen molar-refractivity contribution in [3.63, 3.8) is 0 Å². The first-order valence-corrected chi connectivity index (χ1v) is 13.8. The van der Waals surface area contributed by atoms with Gasteiger partial charge in [0, 0.05) is 0 Å². The molecule has 1 fully saturated rings. The van der Waals surface area contributed by atoms with E-state index in [9.17, 15) is 19.7 Å². The second-order valence-corrected chi connectivity index (χ2v) is 11.3. The first-order chi connectivity index (χ1) is 18.8. The Bertz CT molecular complexity index is 1470. The van der Waals surface area contributed by atoms with Crippen LogP contribution in [0.2, 0.25) is 0 Å². The molecule has 4 rings (SSSR count). The van der Waals surface area contributed by atoms with Gasteiger partial charge in [-0.25, -0.2) is 18.9 Å². The monoisotopic (exact) mass is 597 g/mol. The second-order valence-electron chi connectivity index (χ2n) is 9.07. The molecule has 0 radical (unpaired) electrons. The molecule has 2 aromatic heterocycles. The van der Waals surface area contributed by atoms with Crippen molar-refractivity contribution < 1.29 is 37.4 Å². The van der Waals surface area contributed by atoms with Crippen molar-refractivity contribution in [2.45, 2.75) is 56.0 Å². The Kier molecular flexibility index (Phi) is 8.32. The van der Waals surface area contributed by atoms with E-state index in [0.29, 0.717) is 0 Å². The molecule has 1 aliphatic heterocycles. The number of hydrogen-bond acceptors (Lipinski definition) is 12. The van der Waals surface area contributed by atoms with Crippen LogP contribution in [-0.2, 0) is 29.1 Å². The van der Waals surface area contributed by atoms with Gasteiger partial charge in [0.25, 0.3) is 5.13 Å². The molecule has 2 unspecified atom stereocenters. The summed E-state index contributed by atoms with van der Waals surface area (Å²) in [5.74, 6) is -0.636. The van der Waals surface area contributed by atoms with E-state index >= 15 is 4.39 Å². The first kappa shape index (κ1) is 29.6. The third-order valence-electron chi connectivity index (χ3n) is 5.78. The van der Waals surface area contributed by atoms with Crippen molar-refractivity contribution in [1.82, 2.24) is 24.8 Å². The van der Waals surface area contributed by atoms with Gasteiger partial charge < -0.3 is 24.8 Å². The summed E-state index contributed by atoms with van der Waals surface area (Å²) in [6, 6.07) is 8.33. The summed E-state index contributed by atoms with van der Waals surface area (Å²) in [5, 5.41) is 24.1. The van der Waals surface area contributed by atoms with Crippen molar-refractivity contribution >= 4 is 42.2 Å². The predicted octanol–water partition coefficient (Wildman–Crippen LogP) is 2.38. The summed E-state index contributed by atoms with van der Waals surface area (Å²) in [6.07, 6.45) is -2.07. The van der Waals surface area contributed by atoms with E-state index in [0.717, 1.165) is 11.0 Å². The largest absolute Gasteiger partial charge is 0.462 e. The van der Waals surface area contributed by atoms with Gasteiger partial charge in [-0.3, -0.25) is 9.32 Å². The van der Waals surface area contributed by atoms with Crippen LogP contribution < -0.4 is 15.3 Å². The lowest BCUT2D eigenvalue weighted by Crippen LogP contribution is -2.50. The lowest BCUT2D eigenvalue weighted by molar-refractivity contribution is -0.149. The maximum atomic E-state index is 16.0. The van der Waals surface area contributed by atoms with E-state index in [1.165, 1.54) is 25.3 Å². The van der Waals surface area contributed by atoms with Crippen LogP contribution >= 0.6 is 19.3 Å². The Hall–Kier alpha value is -3.38. The van der Waals surface area contributed by atoms with E-state index in [1.807, 2.05) is 0 Å². The number of nitrogens with one attached hydrogen (secondary N) is 1.